The van der Waals surface area contributed by atoms with Crippen molar-refractivity contribution in [2.24, 2.45) is 5.92 Å². The Morgan fingerprint density at radius 1 is 1.10 bits per heavy atom. The minimum atomic E-state index is -0.0944. The standard InChI is InChI=1S/C23H25N5O/c1-16(2)23(29)28-14-6-9-20(28)22-26-19(17-10-12-24-13-11-17)15-21(27-22)25-18-7-4-3-5-8-18/h3-5,7-8,10-13,15-16,20H,6,9,14H2,1-2H3,(H,25,26,27). The van der Waals surface area contributed by atoms with E-state index in [4.69, 9.17) is 9.97 Å². The molecule has 2 aromatic heterocycles. The summed E-state index contributed by atoms with van der Waals surface area (Å²) in [7, 11) is 0. The van der Waals surface area contributed by atoms with Crippen LogP contribution in [0.15, 0.2) is 60.9 Å². The van der Waals surface area contributed by atoms with E-state index in [9.17, 15) is 4.79 Å². The van der Waals surface area contributed by atoms with Crippen LogP contribution >= 0.6 is 0 Å². The Morgan fingerprint density at radius 3 is 2.59 bits per heavy atom. The van der Waals surface area contributed by atoms with Crippen LogP contribution in [0.1, 0.15) is 38.6 Å². The van der Waals surface area contributed by atoms with Crippen LogP contribution in [0, 0.1) is 5.92 Å². The summed E-state index contributed by atoms with van der Waals surface area (Å²) in [6.07, 6.45) is 5.35. The summed E-state index contributed by atoms with van der Waals surface area (Å²) >= 11 is 0. The number of hydrogen-bond donors (Lipinski definition) is 1. The van der Waals surface area contributed by atoms with Crippen molar-refractivity contribution in [3.63, 3.8) is 0 Å². The zero-order valence-electron chi connectivity index (χ0n) is 16.7. The van der Waals surface area contributed by atoms with E-state index in [0.29, 0.717) is 5.82 Å². The maximum atomic E-state index is 12.7. The molecule has 6 nitrogen and oxygen atoms in total. The molecule has 1 atom stereocenters. The molecule has 1 fully saturated rings. The number of aromatic nitrogens is 3. The maximum absolute atomic E-state index is 12.7. The van der Waals surface area contributed by atoms with Gasteiger partial charge in [-0.05, 0) is 37.1 Å². The molecule has 0 radical (unpaired) electrons. The number of nitrogens with zero attached hydrogens (tertiary/aromatic N) is 4. The molecule has 1 saturated heterocycles. The number of hydrogen-bond acceptors (Lipinski definition) is 5. The molecule has 4 rings (SSSR count). The molecule has 0 bridgehead atoms. The second kappa shape index (κ2) is 8.39. The maximum Gasteiger partial charge on any atom is 0.225 e. The zero-order chi connectivity index (χ0) is 20.2. The van der Waals surface area contributed by atoms with Crippen LogP contribution in [-0.2, 0) is 4.79 Å². The number of rotatable bonds is 5. The van der Waals surface area contributed by atoms with Gasteiger partial charge in [-0.3, -0.25) is 9.78 Å². The van der Waals surface area contributed by atoms with E-state index < -0.39 is 0 Å². The predicted octanol–water partition coefficient (Wildman–Crippen LogP) is 4.60. The van der Waals surface area contributed by atoms with Gasteiger partial charge in [0, 0.05) is 42.2 Å². The molecule has 148 valence electrons. The number of benzene rings is 1. The van der Waals surface area contributed by atoms with Crippen molar-refractivity contribution < 1.29 is 4.79 Å². The van der Waals surface area contributed by atoms with Crippen LogP contribution in [-0.4, -0.2) is 32.3 Å². The number of amides is 1. The third kappa shape index (κ3) is 4.26. The minimum Gasteiger partial charge on any atom is -0.340 e. The Balaban J connectivity index is 1.74. The number of para-hydroxylation sites is 1. The summed E-state index contributed by atoms with van der Waals surface area (Å²) in [5.41, 5.74) is 2.75. The lowest BCUT2D eigenvalue weighted by Gasteiger charge is -2.26. The van der Waals surface area contributed by atoms with E-state index in [1.165, 1.54) is 0 Å². The molecule has 29 heavy (non-hydrogen) atoms. The van der Waals surface area contributed by atoms with Crippen molar-refractivity contribution in [3.8, 4) is 11.3 Å². The number of nitrogens with one attached hydrogen (secondary N) is 1. The van der Waals surface area contributed by atoms with Gasteiger partial charge in [0.2, 0.25) is 5.91 Å². The SMILES string of the molecule is CC(C)C(=O)N1CCCC1c1nc(Nc2ccccc2)cc(-c2ccncc2)n1. The first kappa shape index (κ1) is 19.1. The van der Waals surface area contributed by atoms with Crippen LogP contribution in [0.3, 0.4) is 0 Å². The number of anilines is 2. The first-order valence-electron chi connectivity index (χ1n) is 10.0. The lowest BCUT2D eigenvalue weighted by atomic mass is 10.1. The molecule has 1 aromatic carbocycles. The Bertz CT molecular complexity index is 975. The monoisotopic (exact) mass is 387 g/mol. The molecule has 3 aromatic rings. The summed E-state index contributed by atoms with van der Waals surface area (Å²) in [5, 5.41) is 3.37. The van der Waals surface area contributed by atoms with E-state index in [0.717, 1.165) is 42.1 Å². The van der Waals surface area contributed by atoms with Gasteiger partial charge >= 0.3 is 0 Å². The number of likely N-dealkylation sites (tertiary alicyclic amines) is 1. The molecule has 1 amide bonds. The molecule has 1 aliphatic heterocycles. The molecule has 0 aliphatic carbocycles. The number of carbonyl (C=O) groups excluding carboxylic acids is 1. The second-order valence-electron chi connectivity index (χ2n) is 7.57. The highest BCUT2D eigenvalue weighted by Crippen LogP contribution is 2.33. The lowest BCUT2D eigenvalue weighted by Crippen LogP contribution is -2.34. The van der Waals surface area contributed by atoms with Crippen molar-refractivity contribution in [1.29, 1.82) is 0 Å². The van der Waals surface area contributed by atoms with Crippen molar-refractivity contribution in [1.82, 2.24) is 19.9 Å². The normalized spacial score (nSPS) is 16.2. The third-order valence-corrected chi connectivity index (χ3v) is 5.09. The molecule has 1 aliphatic rings. The Labute approximate surface area is 171 Å². The second-order valence-corrected chi connectivity index (χ2v) is 7.57. The largest absolute Gasteiger partial charge is 0.340 e. The van der Waals surface area contributed by atoms with Gasteiger partial charge in [0.25, 0.3) is 0 Å². The molecule has 1 unspecified atom stereocenters. The highest BCUT2D eigenvalue weighted by atomic mass is 16.2. The van der Waals surface area contributed by atoms with E-state index >= 15 is 0 Å². The minimum absolute atomic E-state index is 0.0408. The van der Waals surface area contributed by atoms with Crippen molar-refractivity contribution in [2.75, 3.05) is 11.9 Å². The predicted molar refractivity (Wildman–Crippen MR) is 114 cm³/mol. The van der Waals surface area contributed by atoms with Crippen LogP contribution < -0.4 is 5.32 Å². The first-order chi connectivity index (χ1) is 14.1. The van der Waals surface area contributed by atoms with Crippen molar-refractivity contribution in [2.45, 2.75) is 32.7 Å². The van der Waals surface area contributed by atoms with Crippen molar-refractivity contribution in [3.05, 3.63) is 66.7 Å². The fourth-order valence-electron chi connectivity index (χ4n) is 3.65. The van der Waals surface area contributed by atoms with Crippen LogP contribution in [0.4, 0.5) is 11.5 Å². The quantitative estimate of drug-likeness (QED) is 0.693. The molecular weight excluding hydrogens is 362 g/mol. The number of carbonyl (C=O) groups is 1. The Hall–Kier alpha value is -3.28. The summed E-state index contributed by atoms with van der Waals surface area (Å²) in [6.45, 7) is 4.63. The van der Waals surface area contributed by atoms with Crippen LogP contribution in [0.25, 0.3) is 11.3 Å². The van der Waals surface area contributed by atoms with Crippen molar-refractivity contribution >= 4 is 17.4 Å². The number of pyridine rings is 1. The summed E-state index contributed by atoms with van der Waals surface area (Å²) < 4.78 is 0. The average molecular weight is 387 g/mol. The fraction of sp³-hybridized carbons (Fsp3) is 0.304. The van der Waals surface area contributed by atoms with Gasteiger partial charge in [-0.2, -0.15) is 0 Å². The van der Waals surface area contributed by atoms with Gasteiger partial charge in [0.15, 0.2) is 5.82 Å². The molecule has 0 spiro atoms. The van der Waals surface area contributed by atoms with Crippen LogP contribution in [0.2, 0.25) is 0 Å². The molecule has 6 heteroatoms. The van der Waals surface area contributed by atoms with Gasteiger partial charge in [0.05, 0.1) is 11.7 Å². The molecule has 3 heterocycles. The van der Waals surface area contributed by atoms with E-state index in [2.05, 4.69) is 10.3 Å². The van der Waals surface area contributed by atoms with Gasteiger partial charge in [-0.15, -0.1) is 0 Å². The third-order valence-electron chi connectivity index (χ3n) is 5.09. The summed E-state index contributed by atoms with van der Waals surface area (Å²) in [5.74, 6) is 1.52. The molecule has 0 saturated carbocycles. The Morgan fingerprint density at radius 2 is 1.86 bits per heavy atom. The fourth-order valence-corrected chi connectivity index (χ4v) is 3.65. The highest BCUT2D eigenvalue weighted by molar-refractivity contribution is 5.79. The van der Waals surface area contributed by atoms with Gasteiger partial charge in [0.1, 0.15) is 5.82 Å². The van der Waals surface area contributed by atoms with Crippen LogP contribution in [0.5, 0.6) is 0 Å². The summed E-state index contributed by atoms with van der Waals surface area (Å²) in [4.78, 5) is 28.4. The molecule has 1 N–H and O–H groups in total. The van der Waals surface area contributed by atoms with E-state index in [-0.39, 0.29) is 17.9 Å². The smallest absolute Gasteiger partial charge is 0.225 e. The first-order valence-corrected chi connectivity index (χ1v) is 10.0. The lowest BCUT2D eigenvalue weighted by molar-refractivity contribution is -0.135. The average Bonchev–Trinajstić information content (AvgIpc) is 3.24. The Kier molecular flexibility index (Phi) is 5.51. The van der Waals surface area contributed by atoms with Gasteiger partial charge in [-0.1, -0.05) is 32.0 Å². The van der Waals surface area contributed by atoms with E-state index in [1.807, 2.05) is 67.3 Å². The highest BCUT2D eigenvalue weighted by Gasteiger charge is 2.33. The topological polar surface area (TPSA) is 71.0 Å². The van der Waals surface area contributed by atoms with Gasteiger partial charge < -0.3 is 10.2 Å². The van der Waals surface area contributed by atoms with Gasteiger partial charge in [-0.25, -0.2) is 9.97 Å². The molecular formula is C23H25N5O. The van der Waals surface area contributed by atoms with E-state index in [1.54, 1.807) is 12.4 Å². The zero-order valence-corrected chi connectivity index (χ0v) is 16.7. The summed E-state index contributed by atoms with van der Waals surface area (Å²) in [6, 6.07) is 15.7.